The molecule has 3 heteroatoms. The van der Waals surface area contributed by atoms with E-state index in [4.69, 9.17) is 4.74 Å². The molecule has 2 rings (SSSR count). The molecule has 1 unspecified atom stereocenters. The molecule has 0 aromatic heterocycles. The number of aryl methyl sites for hydroxylation is 1. The number of hydrogen-bond donors (Lipinski definition) is 2. The Hall–Kier alpha value is -2.16. The summed E-state index contributed by atoms with van der Waals surface area (Å²) in [5, 5.41) is 13.5. The molecule has 0 saturated heterocycles. The Morgan fingerprint density at radius 1 is 1.10 bits per heavy atom. The van der Waals surface area contributed by atoms with Gasteiger partial charge >= 0.3 is 0 Å². The van der Waals surface area contributed by atoms with Crippen molar-refractivity contribution in [1.29, 1.82) is 0 Å². The van der Waals surface area contributed by atoms with Crippen LogP contribution < -0.4 is 10.1 Å². The summed E-state index contributed by atoms with van der Waals surface area (Å²) in [6.45, 7) is 5.98. The molecular weight excluding hydrogens is 262 g/mol. The second kappa shape index (κ2) is 6.53. The summed E-state index contributed by atoms with van der Waals surface area (Å²) in [7, 11) is 1.67. The number of benzene rings is 2. The minimum Gasteiger partial charge on any atom is -0.507 e. The molecule has 0 aliphatic carbocycles. The number of methoxy groups -OCH3 is 1. The van der Waals surface area contributed by atoms with Crippen molar-refractivity contribution in [2.24, 2.45) is 0 Å². The molecule has 1 atom stereocenters. The van der Waals surface area contributed by atoms with Gasteiger partial charge in [-0.3, -0.25) is 0 Å². The van der Waals surface area contributed by atoms with Crippen molar-refractivity contribution in [3.8, 4) is 11.5 Å². The fourth-order valence-electron chi connectivity index (χ4n) is 2.42. The number of phenolic OH excluding ortho intramolecular Hbond substituents is 1. The van der Waals surface area contributed by atoms with Crippen LogP contribution in [0.25, 0.3) is 0 Å². The first kappa shape index (κ1) is 15.2. The maximum atomic E-state index is 9.99. The van der Waals surface area contributed by atoms with Crippen molar-refractivity contribution in [3.63, 3.8) is 0 Å². The molecule has 0 radical (unpaired) electrons. The van der Waals surface area contributed by atoms with Crippen molar-refractivity contribution < 1.29 is 9.84 Å². The SMILES string of the molecule is COc1ccc(CC(C)Nc2ccc(C)c(O)c2C)cc1. The van der Waals surface area contributed by atoms with E-state index in [0.29, 0.717) is 5.75 Å². The van der Waals surface area contributed by atoms with Crippen LogP contribution >= 0.6 is 0 Å². The molecule has 21 heavy (non-hydrogen) atoms. The smallest absolute Gasteiger partial charge is 0.123 e. The van der Waals surface area contributed by atoms with Crippen LogP contribution in [0.5, 0.6) is 11.5 Å². The van der Waals surface area contributed by atoms with Crippen LogP contribution in [0.4, 0.5) is 5.69 Å². The average Bonchev–Trinajstić information content (AvgIpc) is 2.49. The highest BCUT2D eigenvalue weighted by Crippen LogP contribution is 2.28. The third kappa shape index (κ3) is 3.69. The van der Waals surface area contributed by atoms with Crippen LogP contribution in [0.15, 0.2) is 36.4 Å². The van der Waals surface area contributed by atoms with E-state index in [-0.39, 0.29) is 6.04 Å². The van der Waals surface area contributed by atoms with Crippen molar-refractivity contribution in [3.05, 3.63) is 53.1 Å². The Kier molecular flexibility index (Phi) is 4.73. The molecular formula is C18H23NO2. The maximum Gasteiger partial charge on any atom is 0.123 e. The first-order chi connectivity index (χ1) is 10.0. The molecule has 0 amide bonds. The fraction of sp³-hybridized carbons (Fsp3) is 0.333. The van der Waals surface area contributed by atoms with Crippen LogP contribution in [0.3, 0.4) is 0 Å². The molecule has 3 nitrogen and oxygen atoms in total. The van der Waals surface area contributed by atoms with Crippen LogP contribution in [0.1, 0.15) is 23.6 Å². The standard InChI is InChI=1S/C18H23NO2/c1-12-5-10-17(14(3)18(12)20)19-13(2)11-15-6-8-16(21-4)9-7-15/h5-10,13,19-20H,11H2,1-4H3. The van der Waals surface area contributed by atoms with Gasteiger partial charge in [0.2, 0.25) is 0 Å². The first-order valence-electron chi connectivity index (χ1n) is 7.20. The zero-order valence-corrected chi connectivity index (χ0v) is 13.1. The Morgan fingerprint density at radius 3 is 2.38 bits per heavy atom. The molecule has 112 valence electrons. The van der Waals surface area contributed by atoms with Gasteiger partial charge in [-0.05, 0) is 56.5 Å². The number of ether oxygens (including phenoxy) is 1. The van der Waals surface area contributed by atoms with Gasteiger partial charge in [0.25, 0.3) is 0 Å². The zero-order valence-electron chi connectivity index (χ0n) is 13.1. The minimum absolute atomic E-state index is 0.277. The van der Waals surface area contributed by atoms with Crippen molar-refractivity contribution in [2.75, 3.05) is 12.4 Å². The van der Waals surface area contributed by atoms with Gasteiger partial charge in [0.1, 0.15) is 11.5 Å². The highest BCUT2D eigenvalue weighted by molar-refractivity contribution is 5.59. The number of rotatable bonds is 5. The summed E-state index contributed by atoms with van der Waals surface area (Å²) in [4.78, 5) is 0. The highest BCUT2D eigenvalue weighted by Gasteiger charge is 2.09. The van der Waals surface area contributed by atoms with Gasteiger partial charge in [-0.2, -0.15) is 0 Å². The summed E-state index contributed by atoms with van der Waals surface area (Å²) in [6.07, 6.45) is 0.915. The summed E-state index contributed by atoms with van der Waals surface area (Å²) in [6, 6.07) is 12.3. The van der Waals surface area contributed by atoms with Gasteiger partial charge in [-0.25, -0.2) is 0 Å². The minimum atomic E-state index is 0.277. The largest absolute Gasteiger partial charge is 0.507 e. The van der Waals surface area contributed by atoms with E-state index in [1.54, 1.807) is 7.11 Å². The summed E-state index contributed by atoms with van der Waals surface area (Å²) in [5.41, 5.74) is 4.04. The third-order valence-electron chi connectivity index (χ3n) is 3.74. The molecule has 0 aliphatic heterocycles. The fourth-order valence-corrected chi connectivity index (χ4v) is 2.42. The molecule has 0 spiro atoms. The maximum absolute atomic E-state index is 9.99. The highest BCUT2D eigenvalue weighted by atomic mass is 16.5. The van der Waals surface area contributed by atoms with Crippen LogP contribution in [0.2, 0.25) is 0 Å². The molecule has 2 aromatic carbocycles. The molecule has 0 saturated carbocycles. The monoisotopic (exact) mass is 285 g/mol. The number of nitrogens with one attached hydrogen (secondary N) is 1. The number of aromatic hydroxyl groups is 1. The van der Waals surface area contributed by atoms with Crippen molar-refractivity contribution >= 4 is 5.69 Å². The topological polar surface area (TPSA) is 41.5 Å². The van der Waals surface area contributed by atoms with E-state index >= 15 is 0 Å². The zero-order chi connectivity index (χ0) is 15.4. The van der Waals surface area contributed by atoms with Gasteiger partial charge in [0, 0.05) is 17.3 Å². The molecule has 2 N–H and O–H groups in total. The van der Waals surface area contributed by atoms with Crippen LogP contribution in [0, 0.1) is 13.8 Å². The predicted octanol–water partition coefficient (Wildman–Crippen LogP) is 4.06. The second-order valence-electron chi connectivity index (χ2n) is 5.50. The van der Waals surface area contributed by atoms with Gasteiger partial charge in [-0.1, -0.05) is 18.2 Å². The van der Waals surface area contributed by atoms with E-state index in [9.17, 15) is 5.11 Å². The van der Waals surface area contributed by atoms with Gasteiger partial charge in [0.15, 0.2) is 0 Å². The average molecular weight is 285 g/mol. The van der Waals surface area contributed by atoms with Crippen molar-refractivity contribution in [2.45, 2.75) is 33.2 Å². The Balaban J connectivity index is 2.04. The molecule has 2 aromatic rings. The lowest BCUT2D eigenvalue weighted by molar-refractivity contribution is 0.414. The number of phenols is 1. The van der Waals surface area contributed by atoms with Gasteiger partial charge < -0.3 is 15.2 Å². The van der Waals surface area contributed by atoms with E-state index in [1.165, 1.54) is 5.56 Å². The van der Waals surface area contributed by atoms with E-state index < -0.39 is 0 Å². The lowest BCUT2D eigenvalue weighted by Crippen LogP contribution is -2.18. The van der Waals surface area contributed by atoms with E-state index in [2.05, 4.69) is 24.4 Å². The van der Waals surface area contributed by atoms with Gasteiger partial charge in [0.05, 0.1) is 7.11 Å². The molecule has 0 heterocycles. The normalized spacial score (nSPS) is 12.0. The Morgan fingerprint density at radius 2 is 1.76 bits per heavy atom. The molecule has 0 fully saturated rings. The van der Waals surface area contributed by atoms with Gasteiger partial charge in [-0.15, -0.1) is 0 Å². The summed E-state index contributed by atoms with van der Waals surface area (Å²) >= 11 is 0. The van der Waals surface area contributed by atoms with Crippen LogP contribution in [-0.4, -0.2) is 18.3 Å². The second-order valence-corrected chi connectivity index (χ2v) is 5.50. The summed E-state index contributed by atoms with van der Waals surface area (Å²) < 4.78 is 5.17. The lowest BCUT2D eigenvalue weighted by Gasteiger charge is -2.18. The third-order valence-corrected chi connectivity index (χ3v) is 3.74. The quantitative estimate of drug-likeness (QED) is 0.870. The lowest BCUT2D eigenvalue weighted by atomic mass is 10.0. The summed E-state index contributed by atoms with van der Waals surface area (Å²) in [5.74, 6) is 1.25. The Labute approximate surface area is 126 Å². The Bertz CT molecular complexity index is 605. The van der Waals surface area contributed by atoms with E-state index in [1.807, 2.05) is 38.1 Å². The molecule has 0 aliphatic rings. The first-order valence-corrected chi connectivity index (χ1v) is 7.20. The van der Waals surface area contributed by atoms with Crippen LogP contribution in [-0.2, 0) is 6.42 Å². The van der Waals surface area contributed by atoms with Crippen molar-refractivity contribution in [1.82, 2.24) is 0 Å². The number of anilines is 1. The van der Waals surface area contributed by atoms with E-state index in [0.717, 1.165) is 29.0 Å². The molecule has 0 bridgehead atoms. The predicted molar refractivity (Wildman–Crippen MR) is 87.4 cm³/mol. The number of hydrogen-bond acceptors (Lipinski definition) is 3.